The van der Waals surface area contributed by atoms with Crippen LogP contribution in [0.15, 0.2) is 257 Å². The Hall–Kier alpha value is 2.03. The number of rotatable bonds is 46. The molecule has 0 aliphatic carbocycles. The van der Waals surface area contributed by atoms with E-state index in [0.29, 0.717) is 65.4 Å². The molecule has 3 aliphatic rings. The van der Waals surface area contributed by atoms with Gasteiger partial charge in [0.25, 0.3) is 8.02 Å². The molecule has 0 fully saturated rings. The summed E-state index contributed by atoms with van der Waals surface area (Å²) in [4.78, 5) is 280. The molecule has 0 saturated carbocycles. The van der Waals surface area contributed by atoms with Crippen molar-refractivity contribution in [3.8, 4) is 79.7 Å². The number of fused-ring (bicyclic) bond motifs is 6. The standard InChI is InChI=1S/C80H96N11O34P13S2.8Na/c1-86(137(139,118-69-31-19-61(20-32-69)43-47-88(53-126(92,93)94)54-127(95,96)97)119-70-33-21-62(22-34-70)44-48-89(55-128(98,99)100)56-129(101,102)103)81-51-65-27-39-67(40-28-65)116-134(83-135(122-77-15-7-3-11-73(77)74-12-4-8-16-78(74)123-135)85-136(84-134)124-79-17-9-5-13-75(79)76-14-6-10-18-80(76)125-136)117-68-41-29-66(30-42-68)52-82-87(2)138(140,120-71-35-23-63(24-36-71)45-49-90(57-130(104,105)106)58-131(107,108)109)121-72-37-25-64(26-38-72)46-50-91(59-132(110,111)112)60-133(113,114)115;;;;;;;;/h3-42,51-52H,43-50,53-60H2,1-2H3,(H2,92,93,94)(H2,95,96,97)(H2,98,99,100)(H2,101,102,103)(H2,104,105,106)(H2,107,108,109)(H2,110,111,112)(H2,113,114,115);;;;;;;;/q;8*+1/p-8/b81-51-,82-52-;;;;;;;;. The van der Waals surface area contributed by atoms with E-state index in [9.17, 15) is 117 Å². The summed E-state index contributed by atoms with van der Waals surface area (Å²) in [6.07, 6.45) is -5.81. The van der Waals surface area contributed by atoms with Gasteiger partial charge in [0.1, 0.15) is 11.5 Å². The summed E-state index contributed by atoms with van der Waals surface area (Å²) in [6.45, 7) is -1.02. The fraction of sp³-hybridized carbons (Fsp3) is 0.225. The van der Waals surface area contributed by atoms with E-state index in [1.807, 2.05) is 48.5 Å². The minimum absolute atomic E-state index is 0. The summed E-state index contributed by atoms with van der Waals surface area (Å²) in [5.74, 6) is 1.64. The van der Waals surface area contributed by atoms with Gasteiger partial charge in [-0.2, -0.15) is 4.86 Å². The minimum atomic E-state index is -5.32. The second-order valence-electron chi connectivity index (χ2n) is 31.6. The average molecular weight is 2400 g/mol. The molecule has 0 aromatic heterocycles. The summed E-state index contributed by atoms with van der Waals surface area (Å²) in [5.41, 5.74) is 5.20. The topological polar surface area (TPSA) is 708 Å². The Bertz CT molecular complexity index is 5400. The molecule has 1 atom stereocenters. The van der Waals surface area contributed by atoms with Crippen molar-refractivity contribution < 1.29 is 399 Å². The normalized spacial score (nSPS) is 14.9. The molecule has 2 spiro atoms. The molecule has 0 bridgehead atoms. The largest absolute Gasteiger partial charge is 1.00 e. The minimum Gasteiger partial charge on any atom is -0.687 e. The van der Waals surface area contributed by atoms with Gasteiger partial charge in [-0.15, -0.1) is 51.5 Å². The molecule has 0 radical (unpaired) electrons. The van der Waals surface area contributed by atoms with Gasteiger partial charge in [0.05, 0.1) is 51.7 Å². The summed E-state index contributed by atoms with van der Waals surface area (Å²) in [7, 11) is -58.8. The number of hydrogen-bond donors (Lipinski definition) is 8. The molecule has 10 aromatic rings. The first-order valence-corrected chi connectivity index (χ1v) is 65.1. The summed E-state index contributed by atoms with van der Waals surface area (Å²) < 4.78 is 76.8. The fourth-order valence-electron chi connectivity index (χ4n) is 13.9. The smallest absolute Gasteiger partial charge is 0.687 e. The van der Waals surface area contributed by atoms with Gasteiger partial charge in [-0.1, -0.05) is 121 Å². The molecule has 45 nitrogen and oxygen atoms in total. The molecule has 13 rings (SSSR count). The second kappa shape index (κ2) is 61.2. The molecule has 3 aliphatic heterocycles. The zero-order valence-corrected chi connectivity index (χ0v) is 111. The van der Waals surface area contributed by atoms with Gasteiger partial charge < -0.3 is 144 Å². The zero-order chi connectivity index (χ0) is 101. The monoisotopic (exact) mass is 2400 g/mol. The summed E-state index contributed by atoms with van der Waals surface area (Å²) >= 11 is 12.5. The second-order valence-corrected chi connectivity index (χ2v) is 56.8. The van der Waals surface area contributed by atoms with Gasteiger partial charge in [0.2, 0.25) is 31.8 Å². The Morgan fingerprint density at radius 3 is 0.811 bits per heavy atom. The van der Waals surface area contributed by atoms with Crippen molar-refractivity contribution in [1.82, 2.24) is 29.2 Å². The van der Waals surface area contributed by atoms with Crippen LogP contribution in [-0.2, 0) is 50.2 Å². The summed E-state index contributed by atoms with van der Waals surface area (Å²) in [6, 6.07) is 65.4. The van der Waals surface area contributed by atoms with Crippen LogP contribution in [0, 0.1) is 0 Å². The third kappa shape index (κ3) is 45.9. The maximum atomic E-state index is 12.0. The van der Waals surface area contributed by atoms with Crippen molar-refractivity contribution in [2.75, 3.05) is 90.6 Å². The van der Waals surface area contributed by atoms with Crippen LogP contribution in [-0.4, -0.2) is 171 Å². The van der Waals surface area contributed by atoms with E-state index >= 15 is 0 Å². The molecule has 752 valence electrons. The molecule has 3 heterocycles. The molecule has 8 N–H and O–H groups in total. The first kappa shape index (κ1) is 140. The summed E-state index contributed by atoms with van der Waals surface area (Å²) in [5, 5.41) is 9.42. The van der Waals surface area contributed by atoms with Crippen LogP contribution in [0.5, 0.6) is 57.5 Å². The molecule has 148 heavy (non-hydrogen) atoms. The Kier molecular flexibility index (Phi) is 58.1. The molecule has 1 unspecified atom stereocenters. The molecular formula is C80H88N11Na8O34P13S2. The molecule has 10 aromatic carbocycles. The average Bonchev–Trinajstić information content (AvgIpc) is 1.45. The number of nitrogens with zero attached hydrogens (tertiary/aromatic N) is 11. The maximum absolute atomic E-state index is 12.0. The van der Waals surface area contributed by atoms with Gasteiger partial charge in [0, 0.05) is 48.4 Å². The van der Waals surface area contributed by atoms with Crippen LogP contribution in [0.25, 0.3) is 32.0 Å². The van der Waals surface area contributed by atoms with E-state index in [1.54, 1.807) is 121 Å². The van der Waals surface area contributed by atoms with Gasteiger partial charge >= 0.3 is 266 Å². The van der Waals surface area contributed by atoms with Gasteiger partial charge in [-0.25, -0.2) is 58.7 Å². The van der Waals surface area contributed by atoms with Crippen molar-refractivity contribution in [2.45, 2.75) is 25.7 Å². The van der Waals surface area contributed by atoms with E-state index in [0.717, 1.165) is 9.80 Å². The first-order chi connectivity index (χ1) is 65.5. The maximum Gasteiger partial charge on any atom is 1.00 e. The first-order valence-electron chi connectivity index (χ1n) is 41.2. The van der Waals surface area contributed by atoms with E-state index in [2.05, 4.69) is 0 Å². The zero-order valence-electron chi connectivity index (χ0n) is 81.3. The number of benzene rings is 10. The predicted molar refractivity (Wildman–Crippen MR) is 512 cm³/mol. The van der Waals surface area contributed by atoms with Gasteiger partial charge in [-0.3, -0.25) is 9.05 Å². The quantitative estimate of drug-likeness (QED) is 0.00577. The molecule has 68 heteroatoms. The fourth-order valence-corrected chi connectivity index (χ4v) is 33.4. The van der Waals surface area contributed by atoms with E-state index in [4.69, 9.17) is 94.2 Å². The predicted octanol–water partition coefficient (Wildman–Crippen LogP) is -21.3. The van der Waals surface area contributed by atoms with Crippen LogP contribution in [0.1, 0.15) is 33.4 Å². The Morgan fingerprint density at radius 2 is 0.561 bits per heavy atom. The molecule has 0 saturated heterocycles. The molecular weight excluding hydrogens is 2310 g/mol. The van der Waals surface area contributed by atoms with E-state index in [1.165, 1.54) is 109 Å². The molecule has 0 amide bonds. The van der Waals surface area contributed by atoms with Crippen molar-refractivity contribution >= 4 is 138 Å². The van der Waals surface area contributed by atoms with Crippen LogP contribution in [0.3, 0.4) is 0 Å². The number of hydrogen-bond acceptors (Lipinski definition) is 45. The van der Waals surface area contributed by atoms with Crippen molar-refractivity contribution in [1.29, 1.82) is 0 Å². The third-order valence-electron chi connectivity index (χ3n) is 19.8. The van der Waals surface area contributed by atoms with E-state index in [-0.39, 0.29) is 346 Å². The number of hydrazone groups is 2. The number of para-hydroxylation sites is 4. The Morgan fingerprint density at radius 1 is 0.331 bits per heavy atom. The van der Waals surface area contributed by atoms with Crippen LogP contribution in [0.2, 0.25) is 0 Å². The van der Waals surface area contributed by atoms with Crippen LogP contribution >= 0.6 is 101 Å². The van der Waals surface area contributed by atoms with Crippen LogP contribution in [0.4, 0.5) is 0 Å². The third-order valence-corrected chi connectivity index (χ3v) is 39.6. The van der Waals surface area contributed by atoms with Gasteiger partial charge in [-0.05, 0) is 185 Å². The Balaban J connectivity index is 0.00000481. The van der Waals surface area contributed by atoms with Crippen LogP contribution < -0.4 is 360 Å². The van der Waals surface area contributed by atoms with Crippen molar-refractivity contribution in [3.63, 3.8) is 0 Å². The van der Waals surface area contributed by atoms with E-state index < -0.39 is 152 Å². The van der Waals surface area contributed by atoms with Crippen molar-refractivity contribution in [2.24, 2.45) is 14.7 Å². The SMILES string of the molecule is CN(/N=C\c1ccc(O[P+]2(Oc3ccc(/C=N\N(C)[P+]([S-])(Oc4ccc(CCN(C[P+]([O-])(O)O)C[P+]([O-])(O)O)cc4)Oc4ccc(CCN(C[P+]([O-])(O)O)C[P+]([O-])(O)O)cc4)cc3)[N-]P3(=N[P+]4([N-]2)Oc2ccccc2-c2ccccc2O4)Oc2ccccc2-c2ccccc2O3)cc1)[P+]([S-])(Oc1ccc(CCN(C[P+]([O-])([O-])[O-])C[P+]([O-])([O-])[O-])cc1)Oc1ccc(CCN(C[P+]([O-])([O-])[O-])C[P+]([O-])([O-])[O-])cc1.[Na+].[Na+].[Na+].[Na+].[Na+].[Na+].[Na+].[Na+]. The van der Waals surface area contributed by atoms with Gasteiger partial charge in [0.15, 0.2) is 71.1 Å². The van der Waals surface area contributed by atoms with Crippen molar-refractivity contribution in [3.05, 3.63) is 286 Å². The Labute approximate surface area is 1050 Å².